The molecule has 2 unspecified atom stereocenters. The van der Waals surface area contributed by atoms with E-state index in [1.807, 2.05) is 31.2 Å². The van der Waals surface area contributed by atoms with Gasteiger partial charge in [0.05, 0.1) is 21.3 Å². The third kappa shape index (κ3) is 2.95. The van der Waals surface area contributed by atoms with Crippen molar-refractivity contribution in [2.45, 2.75) is 19.1 Å². The van der Waals surface area contributed by atoms with Gasteiger partial charge in [0, 0.05) is 5.56 Å². The zero-order chi connectivity index (χ0) is 17.3. The van der Waals surface area contributed by atoms with Crippen LogP contribution in [0.3, 0.4) is 0 Å². The molecule has 1 heterocycles. The number of ether oxygens (including phenoxy) is 4. The quantitative estimate of drug-likeness (QED) is 0.601. The Morgan fingerprint density at radius 1 is 0.958 bits per heavy atom. The lowest BCUT2D eigenvalue weighted by atomic mass is 10.0. The second kappa shape index (κ2) is 6.53. The molecule has 0 spiro atoms. The largest absolute Gasteiger partial charge is 0.493 e. The van der Waals surface area contributed by atoms with Gasteiger partial charge in [-0.2, -0.15) is 0 Å². The molecule has 0 amide bonds. The SMILES string of the molecule is COc1cc(C(=O)C2OC2c2ccc(C)cc2)cc(OC)c1OC. The number of aryl methyl sites for hydroxylation is 1. The van der Waals surface area contributed by atoms with Gasteiger partial charge in [0.2, 0.25) is 5.75 Å². The number of methoxy groups -OCH3 is 3. The standard InChI is InChI=1S/C19H20O5/c1-11-5-7-12(8-6-11)17-19(24-17)16(20)13-9-14(21-2)18(23-4)15(10-13)22-3/h5-10,17,19H,1-4H3. The molecule has 0 saturated carbocycles. The highest BCUT2D eigenvalue weighted by atomic mass is 16.6. The predicted molar refractivity (Wildman–Crippen MR) is 89.2 cm³/mol. The van der Waals surface area contributed by atoms with Crippen LogP contribution in [0.15, 0.2) is 36.4 Å². The molecule has 1 aliphatic rings. The molecule has 3 rings (SSSR count). The van der Waals surface area contributed by atoms with Crippen molar-refractivity contribution in [2.75, 3.05) is 21.3 Å². The Morgan fingerprint density at radius 2 is 1.54 bits per heavy atom. The third-order valence-electron chi connectivity index (χ3n) is 4.11. The number of benzene rings is 2. The van der Waals surface area contributed by atoms with Crippen molar-refractivity contribution < 1.29 is 23.7 Å². The molecule has 5 nitrogen and oxygen atoms in total. The summed E-state index contributed by atoms with van der Waals surface area (Å²) in [6, 6.07) is 11.3. The highest BCUT2D eigenvalue weighted by Crippen LogP contribution is 2.43. The molecule has 2 aromatic carbocycles. The minimum Gasteiger partial charge on any atom is -0.493 e. The Bertz CT molecular complexity index is 726. The average Bonchev–Trinajstić information content (AvgIpc) is 3.41. The van der Waals surface area contributed by atoms with E-state index in [-0.39, 0.29) is 11.9 Å². The van der Waals surface area contributed by atoms with Crippen molar-refractivity contribution in [2.24, 2.45) is 0 Å². The Kier molecular flexibility index (Phi) is 4.44. The number of epoxide rings is 1. The van der Waals surface area contributed by atoms with Crippen molar-refractivity contribution in [1.82, 2.24) is 0 Å². The lowest BCUT2D eigenvalue weighted by Gasteiger charge is -2.13. The Morgan fingerprint density at radius 3 is 2.04 bits per heavy atom. The van der Waals surface area contributed by atoms with Crippen LogP contribution in [0.1, 0.15) is 27.6 Å². The number of ketones is 1. The number of rotatable bonds is 6. The van der Waals surface area contributed by atoms with Gasteiger partial charge in [-0.25, -0.2) is 0 Å². The summed E-state index contributed by atoms with van der Waals surface area (Å²) >= 11 is 0. The van der Waals surface area contributed by atoms with Gasteiger partial charge in [0.25, 0.3) is 0 Å². The minimum absolute atomic E-state index is 0.0974. The van der Waals surface area contributed by atoms with Crippen LogP contribution in [0.25, 0.3) is 0 Å². The van der Waals surface area contributed by atoms with E-state index in [0.717, 1.165) is 5.56 Å². The first-order valence-corrected chi connectivity index (χ1v) is 7.65. The number of carbonyl (C=O) groups is 1. The van der Waals surface area contributed by atoms with Crippen LogP contribution >= 0.6 is 0 Å². The van der Waals surface area contributed by atoms with E-state index in [1.165, 1.54) is 26.9 Å². The van der Waals surface area contributed by atoms with Crippen LogP contribution in [0, 0.1) is 6.92 Å². The van der Waals surface area contributed by atoms with Gasteiger partial charge in [-0.3, -0.25) is 4.79 Å². The maximum absolute atomic E-state index is 12.7. The molecule has 5 heteroatoms. The van der Waals surface area contributed by atoms with Crippen LogP contribution in [-0.2, 0) is 4.74 Å². The molecular formula is C19H20O5. The lowest BCUT2D eigenvalue weighted by Crippen LogP contribution is -2.09. The smallest absolute Gasteiger partial charge is 0.203 e. The number of hydrogen-bond donors (Lipinski definition) is 0. The number of carbonyl (C=O) groups excluding carboxylic acids is 1. The van der Waals surface area contributed by atoms with Gasteiger partial charge in [-0.1, -0.05) is 29.8 Å². The van der Waals surface area contributed by atoms with Gasteiger partial charge < -0.3 is 18.9 Å². The normalized spacial score (nSPS) is 18.8. The van der Waals surface area contributed by atoms with Crippen molar-refractivity contribution in [3.05, 3.63) is 53.1 Å². The highest BCUT2D eigenvalue weighted by Gasteiger charge is 2.46. The van der Waals surface area contributed by atoms with Gasteiger partial charge in [-0.15, -0.1) is 0 Å². The van der Waals surface area contributed by atoms with E-state index in [2.05, 4.69) is 0 Å². The Balaban J connectivity index is 1.85. The fourth-order valence-electron chi connectivity index (χ4n) is 2.71. The molecule has 2 atom stereocenters. The lowest BCUT2D eigenvalue weighted by molar-refractivity contribution is 0.0953. The van der Waals surface area contributed by atoms with Crippen LogP contribution in [0.5, 0.6) is 17.2 Å². The van der Waals surface area contributed by atoms with Crippen molar-refractivity contribution >= 4 is 5.78 Å². The molecule has 0 aromatic heterocycles. The summed E-state index contributed by atoms with van der Waals surface area (Å²) in [4.78, 5) is 12.7. The van der Waals surface area contributed by atoms with Crippen LogP contribution in [0.2, 0.25) is 0 Å². The summed E-state index contributed by atoms with van der Waals surface area (Å²) < 4.78 is 21.5. The summed E-state index contributed by atoms with van der Waals surface area (Å²) in [7, 11) is 4.57. The molecule has 0 aliphatic carbocycles. The van der Waals surface area contributed by atoms with Crippen LogP contribution in [-0.4, -0.2) is 33.2 Å². The molecule has 24 heavy (non-hydrogen) atoms. The summed E-state index contributed by atoms with van der Waals surface area (Å²) in [5.74, 6) is 1.27. The molecule has 2 aromatic rings. The predicted octanol–water partition coefficient (Wildman–Crippen LogP) is 3.34. The van der Waals surface area contributed by atoms with E-state index in [1.54, 1.807) is 12.1 Å². The molecule has 1 saturated heterocycles. The highest BCUT2D eigenvalue weighted by molar-refractivity contribution is 6.02. The van der Waals surface area contributed by atoms with Crippen LogP contribution in [0.4, 0.5) is 0 Å². The van der Waals surface area contributed by atoms with E-state index >= 15 is 0 Å². The van der Waals surface area contributed by atoms with E-state index in [4.69, 9.17) is 18.9 Å². The van der Waals surface area contributed by atoms with Gasteiger partial charge in [-0.05, 0) is 24.6 Å². The Hall–Kier alpha value is -2.53. The average molecular weight is 328 g/mol. The third-order valence-corrected chi connectivity index (χ3v) is 4.11. The summed E-state index contributed by atoms with van der Waals surface area (Å²) in [6.07, 6.45) is -0.673. The maximum atomic E-state index is 12.7. The van der Waals surface area contributed by atoms with Gasteiger partial charge >= 0.3 is 0 Å². The summed E-state index contributed by atoms with van der Waals surface area (Å²) in [6.45, 7) is 2.02. The first kappa shape index (κ1) is 16.3. The molecule has 0 radical (unpaired) electrons. The molecule has 1 fully saturated rings. The van der Waals surface area contributed by atoms with Gasteiger partial charge in [0.1, 0.15) is 6.10 Å². The van der Waals surface area contributed by atoms with E-state index in [9.17, 15) is 4.79 Å². The fraction of sp³-hybridized carbons (Fsp3) is 0.316. The second-order valence-corrected chi connectivity index (χ2v) is 5.67. The summed E-state index contributed by atoms with van der Waals surface area (Å²) in [5, 5.41) is 0. The topological polar surface area (TPSA) is 57.3 Å². The zero-order valence-corrected chi connectivity index (χ0v) is 14.2. The van der Waals surface area contributed by atoms with Gasteiger partial charge in [0.15, 0.2) is 23.4 Å². The molecule has 1 aliphatic heterocycles. The molecule has 0 N–H and O–H groups in total. The Labute approximate surface area is 141 Å². The molecular weight excluding hydrogens is 308 g/mol. The van der Waals surface area contributed by atoms with Crippen molar-refractivity contribution in [3.63, 3.8) is 0 Å². The zero-order valence-electron chi connectivity index (χ0n) is 14.2. The van der Waals surface area contributed by atoms with E-state index in [0.29, 0.717) is 22.8 Å². The molecule has 0 bridgehead atoms. The number of hydrogen-bond acceptors (Lipinski definition) is 5. The van der Waals surface area contributed by atoms with E-state index < -0.39 is 6.10 Å². The number of Topliss-reactive ketones (excluding diaryl/α,β-unsaturated/α-hetero) is 1. The first-order chi connectivity index (χ1) is 11.6. The van der Waals surface area contributed by atoms with Crippen molar-refractivity contribution in [1.29, 1.82) is 0 Å². The first-order valence-electron chi connectivity index (χ1n) is 7.65. The van der Waals surface area contributed by atoms with Crippen LogP contribution < -0.4 is 14.2 Å². The summed E-state index contributed by atoms with van der Waals surface area (Å²) in [5.41, 5.74) is 2.66. The maximum Gasteiger partial charge on any atom is 0.203 e. The minimum atomic E-state index is -0.476. The second-order valence-electron chi connectivity index (χ2n) is 5.67. The van der Waals surface area contributed by atoms with Crippen molar-refractivity contribution in [3.8, 4) is 17.2 Å². The fourth-order valence-corrected chi connectivity index (χ4v) is 2.71. The molecule has 126 valence electrons. The monoisotopic (exact) mass is 328 g/mol.